The van der Waals surface area contributed by atoms with E-state index >= 15 is 0 Å². The van der Waals surface area contributed by atoms with E-state index < -0.39 is 11.8 Å². The number of rotatable bonds is 19. The van der Waals surface area contributed by atoms with Crippen molar-refractivity contribution >= 4 is 11.9 Å². The molecule has 6 aromatic carbocycles. The zero-order valence-electron chi connectivity index (χ0n) is 64.3. The lowest BCUT2D eigenvalue weighted by Crippen LogP contribution is -2.38. The Kier molecular flexibility index (Phi) is 30.9. The van der Waals surface area contributed by atoms with E-state index in [1.807, 2.05) is 71.0 Å². The molecule has 0 amide bonds. The highest BCUT2D eigenvalue weighted by molar-refractivity contribution is 5.97. The van der Waals surface area contributed by atoms with Crippen molar-refractivity contribution in [2.45, 2.75) is 301 Å². The zero-order chi connectivity index (χ0) is 72.2. The number of benzene rings is 6. The summed E-state index contributed by atoms with van der Waals surface area (Å²) in [6.07, 6.45) is 11.3. The van der Waals surface area contributed by atoms with E-state index in [0.717, 1.165) is 70.8 Å². The van der Waals surface area contributed by atoms with Gasteiger partial charge in [0.2, 0.25) is 0 Å². The van der Waals surface area contributed by atoms with Crippen LogP contribution in [0, 0.1) is 17.8 Å². The first kappa shape index (κ1) is 81.1. The third-order valence-corrected chi connectivity index (χ3v) is 19.4. The molecule has 0 aromatic heterocycles. The van der Waals surface area contributed by atoms with Gasteiger partial charge in [-0.1, -0.05) is 155 Å². The van der Waals surface area contributed by atoms with E-state index in [4.69, 9.17) is 33.2 Å². The number of Topliss-reactive ketones (excluding diaryl/α,β-unsaturated/α-hetero) is 1. The second-order valence-electron chi connectivity index (χ2n) is 31.4. The molecule has 1 N–H and O–H groups in total. The minimum atomic E-state index is -0.804. The lowest BCUT2D eigenvalue weighted by Gasteiger charge is -2.37. The summed E-state index contributed by atoms with van der Waals surface area (Å²) in [5, 5.41) is 9.60. The molecule has 10 heteroatoms. The highest BCUT2D eigenvalue weighted by Gasteiger charge is 2.34. The van der Waals surface area contributed by atoms with Gasteiger partial charge in [-0.15, -0.1) is 0 Å². The first-order valence-corrected chi connectivity index (χ1v) is 36.5. The summed E-state index contributed by atoms with van der Waals surface area (Å²) in [7, 11) is 0. The van der Waals surface area contributed by atoms with Gasteiger partial charge < -0.3 is 38.3 Å². The smallest absolute Gasteiger partial charge is 0.488 e. The van der Waals surface area contributed by atoms with E-state index in [1.54, 1.807) is 32.9 Å². The zero-order valence-corrected chi connectivity index (χ0v) is 64.3. The van der Waals surface area contributed by atoms with E-state index in [-0.39, 0.29) is 47.3 Å². The summed E-state index contributed by atoms with van der Waals surface area (Å²) >= 11 is 0. The maximum absolute atomic E-state index is 11.8. The third-order valence-electron chi connectivity index (χ3n) is 19.4. The molecule has 9 rings (SSSR count). The monoisotopic (exact) mass is 1330 g/mol. The Morgan fingerprint density at radius 2 is 1.00 bits per heavy atom. The van der Waals surface area contributed by atoms with Crippen LogP contribution in [-0.4, -0.2) is 45.7 Å². The van der Waals surface area contributed by atoms with Gasteiger partial charge >= 0.3 is 6.16 Å². The fourth-order valence-corrected chi connectivity index (χ4v) is 12.8. The molecule has 0 aliphatic heterocycles. The van der Waals surface area contributed by atoms with Crippen molar-refractivity contribution < 1.29 is 47.9 Å². The van der Waals surface area contributed by atoms with Crippen LogP contribution >= 0.6 is 0 Å². The fraction of sp³-hybridized carbons (Fsp3) is 0.563. The van der Waals surface area contributed by atoms with Gasteiger partial charge in [0.1, 0.15) is 51.7 Å². The minimum absolute atomic E-state index is 0.00111. The van der Waals surface area contributed by atoms with Gasteiger partial charge in [-0.3, -0.25) is 4.79 Å². The highest BCUT2D eigenvalue weighted by atomic mass is 16.7. The van der Waals surface area contributed by atoms with Gasteiger partial charge in [-0.05, 0) is 294 Å². The molecule has 97 heavy (non-hydrogen) atoms. The third kappa shape index (κ3) is 26.2. The van der Waals surface area contributed by atoms with Crippen LogP contribution in [0.5, 0.6) is 28.7 Å². The Bertz CT molecular complexity index is 3370. The summed E-state index contributed by atoms with van der Waals surface area (Å²) < 4.78 is 40.2. The number of ketones is 1. The summed E-state index contributed by atoms with van der Waals surface area (Å²) in [6.45, 7) is 49.9. The van der Waals surface area contributed by atoms with Crippen LogP contribution in [0.25, 0.3) is 0 Å². The van der Waals surface area contributed by atoms with Crippen molar-refractivity contribution in [1.29, 1.82) is 0 Å². The largest absolute Gasteiger partial charge is 0.514 e. The molecule has 0 saturated heterocycles. The Morgan fingerprint density at radius 3 is 1.51 bits per heavy atom. The Hall–Kier alpha value is -6.62. The van der Waals surface area contributed by atoms with E-state index in [1.165, 1.54) is 85.3 Å². The Balaban J connectivity index is 0.000000220. The van der Waals surface area contributed by atoms with Crippen molar-refractivity contribution in [2.24, 2.45) is 17.8 Å². The molecule has 1 saturated carbocycles. The standard InChI is InChI=1S/C20H30O.C19H24O2.C17H24O4.C17H26O2.C14H22O/c1-14-12-16-13-18(10-11-19(16)15(14)2)21-20(3,4)17-8-6-5-7-9-17;1-4-14(2)17-10-11-19(18(12-17)13-20)21-15(3)16-8-6-5-7-9-16;1-7-11(2)13-8-9-15(14(10-13)12(3)18)20-16(19)21-17(4,5)6;1-11-9-14-10-15(7-8-16(14)12(11)2)18-13(3)19-17(4,5)6;1-6-11(2)12-8-7-9-13(10-12)15-14(3,4)5/h10-11,13-15,17H,5-9,12H2,1-4H3;5-12,14-15,20H,4,13H2,1-3H3;8-11H,7H2,1-6H3;7-8,10-13H,9H2,1-6H3;7-11H,6H2,1-5H3. The lowest BCUT2D eigenvalue weighted by molar-refractivity contribution is -0.140. The van der Waals surface area contributed by atoms with Gasteiger partial charge in [0.25, 0.3) is 0 Å². The van der Waals surface area contributed by atoms with Crippen LogP contribution in [0.3, 0.4) is 0 Å². The summed E-state index contributed by atoms with van der Waals surface area (Å²) in [5.74, 6) is 8.83. The van der Waals surface area contributed by atoms with Crippen molar-refractivity contribution in [3.63, 3.8) is 0 Å². The van der Waals surface area contributed by atoms with Gasteiger partial charge in [0.15, 0.2) is 12.1 Å². The minimum Gasteiger partial charge on any atom is -0.488 e. The molecule has 9 atom stereocenters. The van der Waals surface area contributed by atoms with E-state index in [0.29, 0.717) is 41.1 Å². The molecule has 0 spiro atoms. The number of hydrogen-bond acceptors (Lipinski definition) is 10. The maximum atomic E-state index is 11.8. The second kappa shape index (κ2) is 37.0. The van der Waals surface area contributed by atoms with Crippen molar-refractivity contribution in [3.05, 3.63) is 183 Å². The molecule has 0 heterocycles. The van der Waals surface area contributed by atoms with Gasteiger partial charge in [0.05, 0.1) is 17.8 Å². The predicted octanol–water partition coefficient (Wildman–Crippen LogP) is 24.2. The number of ether oxygens (including phenoxy) is 7. The molecule has 0 bridgehead atoms. The average Bonchev–Trinajstić information content (AvgIpc) is 1.72. The second-order valence-corrected chi connectivity index (χ2v) is 31.4. The lowest BCUT2D eigenvalue weighted by atomic mass is 9.79. The molecule has 0 radical (unpaired) electrons. The molecule has 1 fully saturated rings. The molecular weight excluding hydrogens is 1200 g/mol. The van der Waals surface area contributed by atoms with Crippen molar-refractivity contribution in [3.8, 4) is 28.7 Å². The van der Waals surface area contributed by atoms with E-state index in [2.05, 4.69) is 183 Å². The Morgan fingerprint density at radius 1 is 0.505 bits per heavy atom. The summed E-state index contributed by atoms with van der Waals surface area (Å²) in [5.41, 5.74) is 11.0. The van der Waals surface area contributed by atoms with Crippen LogP contribution in [0.15, 0.2) is 127 Å². The number of aliphatic hydroxyl groups is 1. The quantitative estimate of drug-likeness (QED) is 0.0363. The number of hydrogen-bond donors (Lipinski definition) is 1. The topological polar surface area (TPSA) is 119 Å². The maximum Gasteiger partial charge on any atom is 0.514 e. The van der Waals surface area contributed by atoms with Crippen LogP contribution < -0.4 is 23.7 Å². The average molecular weight is 1330 g/mol. The fourth-order valence-electron chi connectivity index (χ4n) is 12.8. The molecule has 9 unspecified atom stereocenters. The summed E-state index contributed by atoms with van der Waals surface area (Å²) in [6, 6.07) is 43.2. The molecule has 3 aliphatic carbocycles. The molecule has 534 valence electrons. The number of carbonyl (C=O) groups excluding carboxylic acids is 2. The normalized spacial score (nSPS) is 18.3. The Labute approximate surface area is 587 Å². The van der Waals surface area contributed by atoms with Crippen LogP contribution in [0.4, 0.5) is 4.79 Å². The molecule has 3 aliphatic rings. The molecule has 10 nitrogen and oxygen atoms in total. The van der Waals surface area contributed by atoms with Crippen LogP contribution in [0.1, 0.15) is 314 Å². The van der Waals surface area contributed by atoms with Crippen molar-refractivity contribution in [2.75, 3.05) is 0 Å². The number of fused-ring (bicyclic) bond motifs is 2. The first-order chi connectivity index (χ1) is 45.4. The van der Waals surface area contributed by atoms with Crippen LogP contribution in [-0.2, 0) is 28.9 Å². The molecule has 6 aromatic rings. The first-order valence-electron chi connectivity index (χ1n) is 36.5. The van der Waals surface area contributed by atoms with Gasteiger partial charge in [-0.25, -0.2) is 4.79 Å². The SMILES string of the molecule is CC(Oc1ccc2c(c1)CC(C)C2C)OC(C)(C)C.CC1Cc2cc(OC(C)(C)C3CCCCC3)ccc2C1C.CCC(C)c1ccc(OC(=O)OC(C)(C)C)c(C(C)=O)c1.CCC(C)c1ccc(OC(C)c2ccccc2)c(CO)c1.CCC(C)c1cccc(OC(C)(C)C)c1. The van der Waals surface area contributed by atoms with Crippen molar-refractivity contribution in [1.82, 2.24) is 0 Å². The molecular formula is C87H126O10. The van der Waals surface area contributed by atoms with Crippen LogP contribution in [0.2, 0.25) is 0 Å². The number of carbonyl (C=O) groups is 2. The predicted molar refractivity (Wildman–Crippen MR) is 402 cm³/mol. The van der Waals surface area contributed by atoms with E-state index in [9.17, 15) is 14.7 Å². The number of aliphatic hydroxyl groups excluding tert-OH is 1. The highest BCUT2D eigenvalue weighted by Crippen LogP contribution is 2.42. The van der Waals surface area contributed by atoms with Gasteiger partial charge in [-0.2, -0.15) is 0 Å². The van der Waals surface area contributed by atoms with Gasteiger partial charge in [0, 0.05) is 5.56 Å². The summed E-state index contributed by atoms with van der Waals surface area (Å²) in [4.78, 5) is 23.5.